The number of aryl methyl sites for hydroxylation is 2. The van der Waals surface area contributed by atoms with Gasteiger partial charge in [0.1, 0.15) is 0 Å². The van der Waals surface area contributed by atoms with Gasteiger partial charge in [0, 0.05) is 6.42 Å². The Morgan fingerprint density at radius 2 is 1.71 bits per heavy atom. The van der Waals surface area contributed by atoms with Gasteiger partial charge in [-0.15, -0.1) is 0 Å². The summed E-state index contributed by atoms with van der Waals surface area (Å²) in [7, 11) is 0. The summed E-state index contributed by atoms with van der Waals surface area (Å²) in [5.74, 6) is 0. The van der Waals surface area contributed by atoms with Gasteiger partial charge in [-0.1, -0.05) is 32.0 Å². The molecule has 0 bridgehead atoms. The molecular formula is C16H24O. The fourth-order valence-corrected chi connectivity index (χ4v) is 3.14. The third-order valence-corrected chi connectivity index (χ3v) is 4.77. The number of benzene rings is 1. The molecule has 0 radical (unpaired) electrons. The molecule has 1 fully saturated rings. The van der Waals surface area contributed by atoms with Crippen LogP contribution >= 0.6 is 0 Å². The Morgan fingerprint density at radius 1 is 1.12 bits per heavy atom. The quantitative estimate of drug-likeness (QED) is 0.822. The molecule has 17 heavy (non-hydrogen) atoms. The Balaban J connectivity index is 2.33. The molecule has 0 aliphatic heterocycles. The van der Waals surface area contributed by atoms with E-state index in [0.29, 0.717) is 0 Å². The lowest BCUT2D eigenvalue weighted by atomic mass is 9.73. The minimum atomic E-state index is -0.524. The molecule has 0 spiro atoms. The lowest BCUT2D eigenvalue weighted by Gasteiger charge is -2.37. The zero-order valence-corrected chi connectivity index (χ0v) is 11.5. The topological polar surface area (TPSA) is 20.2 Å². The zero-order valence-electron chi connectivity index (χ0n) is 11.5. The molecule has 2 rings (SSSR count). The Hall–Kier alpha value is -0.820. The molecule has 1 aromatic carbocycles. The standard InChI is InChI=1S/C16H24O/c1-12-7-5-8-13(2)14(12)11-16(17)10-6-9-15(16,3)4/h5,7-8,17H,6,9-11H2,1-4H3. The molecule has 0 heterocycles. The Kier molecular flexibility index (Phi) is 3.07. The van der Waals surface area contributed by atoms with Gasteiger partial charge in [0.15, 0.2) is 0 Å². The van der Waals surface area contributed by atoms with Crippen molar-refractivity contribution < 1.29 is 5.11 Å². The van der Waals surface area contributed by atoms with E-state index in [1.165, 1.54) is 16.7 Å². The van der Waals surface area contributed by atoms with Gasteiger partial charge in [-0.05, 0) is 55.2 Å². The summed E-state index contributed by atoms with van der Waals surface area (Å²) in [4.78, 5) is 0. The van der Waals surface area contributed by atoms with Gasteiger partial charge < -0.3 is 5.11 Å². The number of hydrogen-bond acceptors (Lipinski definition) is 1. The van der Waals surface area contributed by atoms with E-state index in [9.17, 15) is 5.11 Å². The predicted molar refractivity (Wildman–Crippen MR) is 72.2 cm³/mol. The Morgan fingerprint density at radius 3 is 2.18 bits per heavy atom. The highest BCUT2D eigenvalue weighted by molar-refractivity contribution is 5.35. The van der Waals surface area contributed by atoms with E-state index in [0.717, 1.165) is 25.7 Å². The van der Waals surface area contributed by atoms with Crippen molar-refractivity contribution in [2.24, 2.45) is 5.41 Å². The highest BCUT2D eigenvalue weighted by atomic mass is 16.3. The minimum absolute atomic E-state index is 0.0434. The molecule has 1 aliphatic rings. The summed E-state index contributed by atoms with van der Waals surface area (Å²) in [6, 6.07) is 6.39. The van der Waals surface area contributed by atoms with E-state index in [4.69, 9.17) is 0 Å². The van der Waals surface area contributed by atoms with E-state index < -0.39 is 5.60 Å². The monoisotopic (exact) mass is 232 g/mol. The summed E-state index contributed by atoms with van der Waals surface area (Å²) >= 11 is 0. The summed E-state index contributed by atoms with van der Waals surface area (Å²) in [6.07, 6.45) is 4.02. The number of aliphatic hydroxyl groups is 1. The van der Waals surface area contributed by atoms with Crippen LogP contribution in [-0.2, 0) is 6.42 Å². The third-order valence-electron chi connectivity index (χ3n) is 4.77. The number of rotatable bonds is 2. The average molecular weight is 232 g/mol. The lowest BCUT2D eigenvalue weighted by molar-refractivity contribution is -0.0421. The summed E-state index contributed by atoms with van der Waals surface area (Å²) in [6.45, 7) is 8.70. The fourth-order valence-electron chi connectivity index (χ4n) is 3.14. The van der Waals surface area contributed by atoms with E-state index >= 15 is 0 Å². The van der Waals surface area contributed by atoms with Crippen LogP contribution in [0.3, 0.4) is 0 Å². The molecule has 0 saturated heterocycles. The van der Waals surface area contributed by atoms with Gasteiger partial charge in [-0.25, -0.2) is 0 Å². The molecule has 1 unspecified atom stereocenters. The first kappa shape index (κ1) is 12.6. The molecule has 0 aromatic heterocycles. The summed E-state index contributed by atoms with van der Waals surface area (Å²) in [5, 5.41) is 10.9. The highest BCUT2D eigenvalue weighted by Gasteiger charge is 2.47. The molecule has 1 saturated carbocycles. The van der Waals surface area contributed by atoms with Gasteiger partial charge in [-0.3, -0.25) is 0 Å². The first-order valence-corrected chi connectivity index (χ1v) is 6.63. The number of hydrogen-bond donors (Lipinski definition) is 1. The Bertz CT molecular complexity index is 399. The first-order chi connectivity index (χ1) is 7.86. The van der Waals surface area contributed by atoms with Crippen molar-refractivity contribution >= 4 is 0 Å². The lowest BCUT2D eigenvalue weighted by Crippen LogP contribution is -2.42. The molecular weight excluding hydrogens is 208 g/mol. The maximum Gasteiger partial charge on any atom is 0.0738 e. The van der Waals surface area contributed by atoms with Crippen molar-refractivity contribution in [2.75, 3.05) is 0 Å². The highest BCUT2D eigenvalue weighted by Crippen LogP contribution is 2.48. The van der Waals surface area contributed by atoms with Crippen molar-refractivity contribution in [3.05, 3.63) is 34.9 Å². The van der Waals surface area contributed by atoms with Crippen molar-refractivity contribution in [1.82, 2.24) is 0 Å². The van der Waals surface area contributed by atoms with Crippen LogP contribution in [0.4, 0.5) is 0 Å². The van der Waals surface area contributed by atoms with E-state index in [1.54, 1.807) is 0 Å². The predicted octanol–water partition coefficient (Wildman–Crippen LogP) is 3.79. The maximum atomic E-state index is 10.9. The molecule has 94 valence electrons. The zero-order chi connectivity index (χ0) is 12.7. The second kappa shape index (κ2) is 4.13. The third kappa shape index (κ3) is 2.13. The van der Waals surface area contributed by atoms with Crippen LogP contribution in [0.5, 0.6) is 0 Å². The van der Waals surface area contributed by atoms with E-state index in [1.807, 2.05) is 0 Å². The van der Waals surface area contributed by atoms with Crippen LogP contribution in [0.2, 0.25) is 0 Å². The van der Waals surface area contributed by atoms with Crippen LogP contribution in [0, 0.1) is 19.3 Å². The Labute approximate surface area is 105 Å². The molecule has 1 heteroatoms. The van der Waals surface area contributed by atoms with Crippen LogP contribution < -0.4 is 0 Å². The smallest absolute Gasteiger partial charge is 0.0738 e. The van der Waals surface area contributed by atoms with Crippen molar-refractivity contribution in [1.29, 1.82) is 0 Å². The SMILES string of the molecule is Cc1cccc(C)c1CC1(O)CCCC1(C)C. The fraction of sp³-hybridized carbons (Fsp3) is 0.625. The molecule has 1 aromatic rings. The van der Waals surface area contributed by atoms with Crippen LogP contribution in [-0.4, -0.2) is 10.7 Å². The first-order valence-electron chi connectivity index (χ1n) is 6.63. The minimum Gasteiger partial charge on any atom is -0.389 e. The molecule has 1 N–H and O–H groups in total. The molecule has 1 aliphatic carbocycles. The van der Waals surface area contributed by atoms with Gasteiger partial charge in [0.05, 0.1) is 5.60 Å². The summed E-state index contributed by atoms with van der Waals surface area (Å²) in [5.41, 5.74) is 3.47. The molecule has 1 nitrogen and oxygen atoms in total. The van der Waals surface area contributed by atoms with Crippen LogP contribution in [0.15, 0.2) is 18.2 Å². The van der Waals surface area contributed by atoms with Crippen molar-refractivity contribution in [2.45, 2.75) is 59.0 Å². The largest absolute Gasteiger partial charge is 0.389 e. The van der Waals surface area contributed by atoms with Gasteiger partial charge in [0.2, 0.25) is 0 Å². The average Bonchev–Trinajstić information content (AvgIpc) is 2.48. The van der Waals surface area contributed by atoms with E-state index in [-0.39, 0.29) is 5.41 Å². The van der Waals surface area contributed by atoms with E-state index in [2.05, 4.69) is 45.9 Å². The second-order valence-electron chi connectivity index (χ2n) is 6.32. The van der Waals surface area contributed by atoms with Gasteiger partial charge >= 0.3 is 0 Å². The maximum absolute atomic E-state index is 10.9. The van der Waals surface area contributed by atoms with Crippen LogP contribution in [0.25, 0.3) is 0 Å². The van der Waals surface area contributed by atoms with Gasteiger partial charge in [0.25, 0.3) is 0 Å². The second-order valence-corrected chi connectivity index (χ2v) is 6.32. The molecule has 1 atom stereocenters. The molecule has 0 amide bonds. The van der Waals surface area contributed by atoms with Gasteiger partial charge in [-0.2, -0.15) is 0 Å². The van der Waals surface area contributed by atoms with Crippen molar-refractivity contribution in [3.63, 3.8) is 0 Å². The normalized spacial score (nSPS) is 27.4. The van der Waals surface area contributed by atoms with Crippen molar-refractivity contribution in [3.8, 4) is 0 Å². The van der Waals surface area contributed by atoms with Crippen LogP contribution in [0.1, 0.15) is 49.8 Å². The summed E-state index contributed by atoms with van der Waals surface area (Å²) < 4.78 is 0.